The molecule has 192 valence electrons. The van der Waals surface area contributed by atoms with Crippen molar-refractivity contribution in [3.63, 3.8) is 0 Å². The molecule has 0 radical (unpaired) electrons. The van der Waals surface area contributed by atoms with E-state index in [9.17, 15) is 26.6 Å². The maximum Gasteiger partial charge on any atom is 0.492 e. The van der Waals surface area contributed by atoms with Crippen molar-refractivity contribution in [3.05, 3.63) is 59.7 Å². The molecule has 6 nitrogen and oxygen atoms in total. The molecule has 12 heteroatoms. The zero-order chi connectivity index (χ0) is 26.2. The maximum absolute atomic E-state index is 15.4. The number of nitrogens with zero attached hydrogens (tertiary/aromatic N) is 1. The van der Waals surface area contributed by atoms with Crippen LogP contribution in [-0.4, -0.2) is 44.9 Å². The molecule has 0 spiro atoms. The minimum atomic E-state index is -5.33. The molecule has 0 aliphatic carbocycles. The Morgan fingerprint density at radius 3 is 2.43 bits per heavy atom. The Bertz CT molecular complexity index is 1200. The molecule has 1 aliphatic heterocycles. The lowest BCUT2D eigenvalue weighted by molar-refractivity contribution is -0.0421. The Labute approximate surface area is 200 Å². The topological polar surface area (TPSA) is 82.5 Å². The largest absolute Gasteiger partial charge is 0.492 e. The average molecular weight is 520 g/mol. The Hall–Kier alpha value is -2.73. The van der Waals surface area contributed by atoms with Crippen molar-refractivity contribution in [3.8, 4) is 11.1 Å². The maximum atomic E-state index is 15.4. The number of ether oxygens (including phenoxy) is 1. The lowest BCUT2D eigenvalue weighted by Gasteiger charge is -2.31. The second-order valence-corrected chi connectivity index (χ2v) is 11.1. The molecule has 1 saturated heterocycles. The molecule has 0 aromatic heterocycles. The van der Waals surface area contributed by atoms with Crippen molar-refractivity contribution in [1.29, 1.82) is 4.78 Å². The molecule has 0 saturated carbocycles. The van der Waals surface area contributed by atoms with Crippen LogP contribution in [0, 0.1) is 16.4 Å². The molecule has 1 fully saturated rings. The Morgan fingerprint density at radius 1 is 1.17 bits per heavy atom. The number of hydrogen-bond acceptors (Lipinski definition) is 4. The quantitative estimate of drug-likeness (QED) is 0.503. The Balaban J connectivity index is 1.97. The van der Waals surface area contributed by atoms with Crippen molar-refractivity contribution >= 4 is 16.0 Å². The second-order valence-electron chi connectivity index (χ2n) is 9.25. The summed E-state index contributed by atoms with van der Waals surface area (Å²) in [6.45, 7) is 4.81. The molecular weight excluding hydrogens is 493 g/mol. The number of carbonyl (C=O) groups is 1. The minimum absolute atomic E-state index is 0.0458. The lowest BCUT2D eigenvalue weighted by atomic mass is 9.96. The summed E-state index contributed by atoms with van der Waals surface area (Å²) in [5, 5.41) is 0. The molecule has 1 heterocycles. The highest BCUT2D eigenvalue weighted by molar-refractivity contribution is 7.91. The summed E-state index contributed by atoms with van der Waals surface area (Å²) in [6, 6.07) is 7.33. The SMILES string of the molecule is CC(C)(C)OC(=O)N1CC[C@H](NS(=N)(=O)C(F)(F)F)[C@@H]1Cc1cccc(-c2cccc(F)c2)c1F. The fourth-order valence-electron chi connectivity index (χ4n) is 3.91. The number of rotatable bonds is 5. The number of halogens is 5. The van der Waals surface area contributed by atoms with Crippen molar-refractivity contribution in [2.45, 2.75) is 56.8 Å². The smallest absolute Gasteiger partial charge is 0.444 e. The molecule has 1 amide bonds. The van der Waals surface area contributed by atoms with Gasteiger partial charge in [0.1, 0.15) is 17.2 Å². The Morgan fingerprint density at radius 2 is 1.83 bits per heavy atom. The first-order valence-corrected chi connectivity index (χ1v) is 12.3. The van der Waals surface area contributed by atoms with E-state index in [-0.39, 0.29) is 36.1 Å². The molecule has 35 heavy (non-hydrogen) atoms. The van der Waals surface area contributed by atoms with Gasteiger partial charge in [-0.1, -0.05) is 30.3 Å². The fraction of sp³-hybridized carbons (Fsp3) is 0.435. The van der Waals surface area contributed by atoms with Gasteiger partial charge in [0, 0.05) is 18.2 Å². The number of nitrogens with one attached hydrogen (secondary N) is 2. The normalized spacial score (nSPS) is 20.5. The van der Waals surface area contributed by atoms with Crippen LogP contribution < -0.4 is 4.72 Å². The third-order valence-corrected chi connectivity index (χ3v) is 6.75. The van der Waals surface area contributed by atoms with E-state index >= 15 is 4.39 Å². The summed E-state index contributed by atoms with van der Waals surface area (Å²) in [5.41, 5.74) is -5.83. The van der Waals surface area contributed by atoms with Crippen LogP contribution in [0.1, 0.15) is 32.8 Å². The van der Waals surface area contributed by atoms with Gasteiger partial charge >= 0.3 is 11.6 Å². The first-order chi connectivity index (χ1) is 16.1. The lowest BCUT2D eigenvalue weighted by Crippen LogP contribution is -2.51. The minimum Gasteiger partial charge on any atom is -0.444 e. The summed E-state index contributed by atoms with van der Waals surface area (Å²) in [5.74, 6) is -1.30. The number of alkyl halides is 3. The van der Waals surface area contributed by atoms with Gasteiger partial charge in [0.05, 0.1) is 6.04 Å². The average Bonchev–Trinajstić information content (AvgIpc) is 3.09. The van der Waals surface area contributed by atoms with Gasteiger partial charge in [0.15, 0.2) is 0 Å². The van der Waals surface area contributed by atoms with Crippen molar-refractivity contribution in [2.24, 2.45) is 0 Å². The summed E-state index contributed by atoms with van der Waals surface area (Å²) >= 11 is 0. The highest BCUT2D eigenvalue weighted by Crippen LogP contribution is 2.31. The van der Waals surface area contributed by atoms with Crippen LogP contribution in [0.25, 0.3) is 11.1 Å². The van der Waals surface area contributed by atoms with Crippen LogP contribution in [0.4, 0.5) is 26.7 Å². The molecule has 1 aliphatic rings. The predicted molar refractivity (Wildman–Crippen MR) is 121 cm³/mol. The fourth-order valence-corrected chi connectivity index (χ4v) is 4.75. The predicted octanol–water partition coefficient (Wildman–Crippen LogP) is 5.62. The zero-order valence-corrected chi connectivity index (χ0v) is 20.1. The summed E-state index contributed by atoms with van der Waals surface area (Å²) < 4.78 is 95.0. The van der Waals surface area contributed by atoms with Crippen LogP contribution in [0.15, 0.2) is 42.5 Å². The van der Waals surface area contributed by atoms with E-state index < -0.39 is 50.8 Å². The van der Waals surface area contributed by atoms with Crippen molar-refractivity contribution in [1.82, 2.24) is 9.62 Å². The number of amides is 1. The van der Waals surface area contributed by atoms with E-state index in [2.05, 4.69) is 0 Å². The van der Waals surface area contributed by atoms with Crippen LogP contribution in [-0.2, 0) is 21.1 Å². The summed E-state index contributed by atoms with van der Waals surface area (Å²) in [6.07, 6.45) is -1.13. The standard InChI is InChI=1S/C23H26F5N3O3S/c1-22(2,3)34-21(32)31-11-10-18(30-35(29,33)23(26,27)28)19(31)13-15-7-5-9-17(20(15)25)14-6-4-8-16(24)12-14/h4-9,12,18-19H,10-11,13H2,1-3H3,(H2,29,30,33)/t18-,19-,35?/m0/s1. The molecule has 2 aromatic carbocycles. The number of likely N-dealkylation sites (tertiary alicyclic amines) is 1. The number of benzene rings is 2. The molecule has 2 aromatic rings. The van der Waals surface area contributed by atoms with E-state index in [1.807, 2.05) is 4.72 Å². The first kappa shape index (κ1) is 26.9. The monoisotopic (exact) mass is 519 g/mol. The highest BCUT2D eigenvalue weighted by Gasteiger charge is 2.47. The molecule has 0 bridgehead atoms. The van der Waals surface area contributed by atoms with E-state index in [0.29, 0.717) is 0 Å². The van der Waals surface area contributed by atoms with Gasteiger partial charge in [-0.15, -0.1) is 0 Å². The van der Waals surface area contributed by atoms with E-state index in [0.717, 1.165) is 11.0 Å². The van der Waals surface area contributed by atoms with Crippen LogP contribution in [0.3, 0.4) is 0 Å². The van der Waals surface area contributed by atoms with Gasteiger partial charge in [-0.3, -0.25) is 0 Å². The van der Waals surface area contributed by atoms with Crippen molar-refractivity contribution < 1.29 is 35.7 Å². The summed E-state index contributed by atoms with van der Waals surface area (Å²) in [7, 11) is -5.22. The van der Waals surface area contributed by atoms with Gasteiger partial charge in [-0.2, -0.15) is 13.2 Å². The first-order valence-electron chi connectivity index (χ1n) is 10.7. The van der Waals surface area contributed by atoms with Crippen LogP contribution in [0.5, 0.6) is 0 Å². The van der Waals surface area contributed by atoms with E-state index in [4.69, 9.17) is 9.52 Å². The van der Waals surface area contributed by atoms with E-state index in [1.165, 1.54) is 36.4 Å². The van der Waals surface area contributed by atoms with Gasteiger partial charge in [-0.05, 0) is 56.9 Å². The third kappa shape index (κ3) is 6.29. The summed E-state index contributed by atoms with van der Waals surface area (Å²) in [4.78, 5) is 13.9. The van der Waals surface area contributed by atoms with Gasteiger partial charge in [0.2, 0.25) is 9.92 Å². The van der Waals surface area contributed by atoms with Gasteiger partial charge in [-0.25, -0.2) is 27.3 Å². The Kier molecular flexibility index (Phi) is 7.47. The zero-order valence-electron chi connectivity index (χ0n) is 19.3. The van der Waals surface area contributed by atoms with Gasteiger partial charge < -0.3 is 9.64 Å². The number of hydrogen-bond donors (Lipinski definition) is 2. The molecule has 3 atom stereocenters. The second kappa shape index (κ2) is 9.73. The molecule has 2 N–H and O–H groups in total. The molecule has 1 unspecified atom stereocenters. The molecular formula is C23H26F5N3O3S. The number of carbonyl (C=O) groups excluding carboxylic acids is 1. The van der Waals surface area contributed by atoms with Crippen molar-refractivity contribution in [2.75, 3.05) is 6.54 Å². The molecule has 3 rings (SSSR count). The third-order valence-electron chi connectivity index (χ3n) is 5.46. The van der Waals surface area contributed by atoms with Crippen LogP contribution >= 0.6 is 0 Å². The highest BCUT2D eigenvalue weighted by atomic mass is 32.2. The van der Waals surface area contributed by atoms with E-state index in [1.54, 1.807) is 20.8 Å². The van der Waals surface area contributed by atoms with Gasteiger partial charge in [0.25, 0.3) is 0 Å². The van der Waals surface area contributed by atoms with Crippen LogP contribution in [0.2, 0.25) is 0 Å².